The summed E-state index contributed by atoms with van der Waals surface area (Å²) in [4.78, 5) is 16.9. The normalized spacial score (nSPS) is 10.8. The molecule has 0 aliphatic rings. The first-order chi connectivity index (χ1) is 12.2. The second-order valence-electron chi connectivity index (χ2n) is 5.92. The van der Waals surface area contributed by atoms with E-state index in [2.05, 4.69) is 40.6 Å². The number of fused-ring (bicyclic) bond motifs is 1. The number of amides is 1. The topological polar surface area (TPSA) is 42.0 Å². The lowest BCUT2D eigenvalue weighted by molar-refractivity contribution is 0.102. The summed E-state index contributed by atoms with van der Waals surface area (Å²) in [5.74, 6) is -0.136. The highest BCUT2D eigenvalue weighted by molar-refractivity contribution is 7.14. The van der Waals surface area contributed by atoms with Gasteiger partial charge in [0.1, 0.15) is 0 Å². The van der Waals surface area contributed by atoms with E-state index in [9.17, 15) is 4.79 Å². The molecule has 1 N–H and O–H groups in total. The number of nitrogens with one attached hydrogen (secondary N) is 1. The Morgan fingerprint density at radius 3 is 2.64 bits per heavy atom. The summed E-state index contributed by atoms with van der Waals surface area (Å²) >= 11 is 1.43. The molecule has 1 amide bonds. The number of carbonyl (C=O) groups is 1. The number of thiazole rings is 1. The Labute approximate surface area is 150 Å². The van der Waals surface area contributed by atoms with Crippen LogP contribution in [-0.2, 0) is 0 Å². The van der Waals surface area contributed by atoms with E-state index in [4.69, 9.17) is 0 Å². The van der Waals surface area contributed by atoms with Crippen LogP contribution in [0.2, 0.25) is 0 Å². The molecule has 1 heterocycles. The molecule has 0 aliphatic heterocycles. The molecular weight excluding hydrogens is 328 g/mol. The number of nitrogens with zero attached hydrogens (tertiary/aromatic N) is 1. The number of hydrogen-bond donors (Lipinski definition) is 1. The van der Waals surface area contributed by atoms with E-state index in [1.807, 2.05) is 42.6 Å². The Morgan fingerprint density at radius 1 is 0.960 bits per heavy atom. The van der Waals surface area contributed by atoms with E-state index < -0.39 is 0 Å². The summed E-state index contributed by atoms with van der Waals surface area (Å²) in [5.41, 5.74) is 3.62. The second-order valence-corrected chi connectivity index (χ2v) is 6.78. The minimum absolute atomic E-state index is 0.136. The van der Waals surface area contributed by atoms with E-state index in [0.29, 0.717) is 10.7 Å². The molecule has 4 heteroatoms. The third kappa shape index (κ3) is 3.30. The predicted octanol–water partition coefficient (Wildman–Crippen LogP) is 5.52. The molecule has 0 saturated heterocycles. The maximum Gasteiger partial charge on any atom is 0.257 e. The van der Waals surface area contributed by atoms with Crippen LogP contribution in [0.3, 0.4) is 0 Å². The third-order valence-electron chi connectivity index (χ3n) is 4.05. The van der Waals surface area contributed by atoms with Gasteiger partial charge in [0.25, 0.3) is 5.91 Å². The molecule has 0 saturated carbocycles. The van der Waals surface area contributed by atoms with Crippen molar-refractivity contribution >= 4 is 33.1 Å². The smallest absolute Gasteiger partial charge is 0.257 e. The monoisotopic (exact) mass is 344 g/mol. The summed E-state index contributed by atoms with van der Waals surface area (Å²) in [5, 5.41) is 7.84. The van der Waals surface area contributed by atoms with Gasteiger partial charge in [-0.2, -0.15) is 0 Å². The van der Waals surface area contributed by atoms with Crippen molar-refractivity contribution in [2.24, 2.45) is 0 Å². The summed E-state index contributed by atoms with van der Waals surface area (Å²) in [6.07, 6.45) is 0. The Bertz CT molecular complexity index is 1070. The lowest BCUT2D eigenvalue weighted by Crippen LogP contribution is -2.11. The zero-order valence-corrected chi connectivity index (χ0v) is 14.5. The lowest BCUT2D eigenvalue weighted by Gasteiger charge is -2.03. The van der Waals surface area contributed by atoms with Crippen LogP contribution in [0.25, 0.3) is 22.0 Å². The van der Waals surface area contributed by atoms with Gasteiger partial charge in [0.2, 0.25) is 0 Å². The number of aryl methyl sites for hydroxylation is 1. The molecule has 3 aromatic carbocycles. The average molecular weight is 344 g/mol. The maximum absolute atomic E-state index is 12.3. The highest BCUT2D eigenvalue weighted by Crippen LogP contribution is 2.28. The largest absolute Gasteiger partial charge is 0.298 e. The number of aromatic nitrogens is 1. The minimum Gasteiger partial charge on any atom is -0.298 e. The van der Waals surface area contributed by atoms with Crippen molar-refractivity contribution in [2.45, 2.75) is 6.92 Å². The molecule has 25 heavy (non-hydrogen) atoms. The first-order valence-electron chi connectivity index (χ1n) is 8.02. The molecule has 4 aromatic rings. The molecule has 0 unspecified atom stereocenters. The number of hydrogen-bond acceptors (Lipinski definition) is 3. The molecule has 3 nitrogen and oxygen atoms in total. The zero-order valence-electron chi connectivity index (χ0n) is 13.7. The van der Waals surface area contributed by atoms with E-state index in [1.165, 1.54) is 22.1 Å². The molecule has 0 atom stereocenters. The van der Waals surface area contributed by atoms with Crippen molar-refractivity contribution in [3.05, 3.63) is 83.2 Å². The lowest BCUT2D eigenvalue weighted by atomic mass is 10.1. The quantitative estimate of drug-likeness (QED) is 0.531. The van der Waals surface area contributed by atoms with Crippen LogP contribution in [0.15, 0.2) is 72.1 Å². The van der Waals surface area contributed by atoms with E-state index in [0.717, 1.165) is 16.8 Å². The summed E-state index contributed by atoms with van der Waals surface area (Å²) in [6, 6.07) is 22.0. The first kappa shape index (κ1) is 15.5. The van der Waals surface area contributed by atoms with E-state index in [-0.39, 0.29) is 5.91 Å². The molecule has 0 radical (unpaired) electrons. The molecule has 0 bridgehead atoms. The van der Waals surface area contributed by atoms with Gasteiger partial charge in [-0.1, -0.05) is 54.1 Å². The van der Waals surface area contributed by atoms with Crippen molar-refractivity contribution in [2.75, 3.05) is 5.32 Å². The zero-order chi connectivity index (χ0) is 17.2. The number of benzene rings is 3. The van der Waals surface area contributed by atoms with Crippen LogP contribution < -0.4 is 5.32 Å². The summed E-state index contributed by atoms with van der Waals surface area (Å²) < 4.78 is 0. The predicted molar refractivity (Wildman–Crippen MR) is 104 cm³/mol. The third-order valence-corrected chi connectivity index (χ3v) is 4.81. The first-order valence-corrected chi connectivity index (χ1v) is 8.90. The fraction of sp³-hybridized carbons (Fsp3) is 0.0476. The van der Waals surface area contributed by atoms with Crippen LogP contribution >= 0.6 is 11.3 Å². The van der Waals surface area contributed by atoms with Crippen molar-refractivity contribution in [1.29, 1.82) is 0 Å². The van der Waals surface area contributed by atoms with Gasteiger partial charge in [-0.25, -0.2) is 4.98 Å². The number of rotatable bonds is 3. The fourth-order valence-electron chi connectivity index (χ4n) is 2.77. The standard InChI is InChI=1S/C21H16N2OS/c1-14-5-4-8-18(11-14)20(24)23-21-22-19(13-25-21)17-10-9-15-6-2-3-7-16(15)12-17/h2-13H,1H3,(H,22,23,24). The van der Waals surface area contributed by atoms with Gasteiger partial charge >= 0.3 is 0 Å². The molecule has 1 aromatic heterocycles. The average Bonchev–Trinajstić information content (AvgIpc) is 3.10. The van der Waals surface area contributed by atoms with E-state index in [1.54, 1.807) is 6.07 Å². The highest BCUT2D eigenvalue weighted by Gasteiger charge is 2.10. The van der Waals surface area contributed by atoms with Crippen LogP contribution in [-0.4, -0.2) is 10.9 Å². The molecule has 122 valence electrons. The Kier molecular flexibility index (Phi) is 4.04. The summed E-state index contributed by atoms with van der Waals surface area (Å²) in [6.45, 7) is 1.97. The van der Waals surface area contributed by atoms with Gasteiger partial charge in [-0.3, -0.25) is 10.1 Å². The maximum atomic E-state index is 12.3. The molecule has 0 spiro atoms. The molecule has 0 aliphatic carbocycles. The Balaban J connectivity index is 1.58. The molecule has 0 fully saturated rings. The van der Waals surface area contributed by atoms with Gasteiger partial charge in [-0.15, -0.1) is 11.3 Å². The van der Waals surface area contributed by atoms with Gasteiger partial charge in [0.05, 0.1) is 5.69 Å². The second kappa shape index (κ2) is 6.49. The van der Waals surface area contributed by atoms with Crippen molar-refractivity contribution in [1.82, 2.24) is 4.98 Å². The van der Waals surface area contributed by atoms with Crippen molar-refractivity contribution in [3.63, 3.8) is 0 Å². The van der Waals surface area contributed by atoms with Crippen LogP contribution in [0.4, 0.5) is 5.13 Å². The number of carbonyl (C=O) groups excluding carboxylic acids is 1. The van der Waals surface area contributed by atoms with Crippen molar-refractivity contribution in [3.8, 4) is 11.3 Å². The minimum atomic E-state index is -0.136. The van der Waals surface area contributed by atoms with Crippen LogP contribution in [0, 0.1) is 6.92 Å². The van der Waals surface area contributed by atoms with Crippen molar-refractivity contribution < 1.29 is 4.79 Å². The Morgan fingerprint density at radius 2 is 1.80 bits per heavy atom. The van der Waals surface area contributed by atoms with Gasteiger partial charge < -0.3 is 0 Å². The fourth-order valence-corrected chi connectivity index (χ4v) is 3.48. The van der Waals surface area contributed by atoms with Gasteiger partial charge in [-0.05, 0) is 35.9 Å². The Hall–Kier alpha value is -2.98. The molecule has 4 rings (SSSR count). The van der Waals surface area contributed by atoms with Gasteiger partial charge in [0, 0.05) is 16.5 Å². The number of anilines is 1. The SMILES string of the molecule is Cc1cccc(C(=O)Nc2nc(-c3ccc4ccccc4c3)cs2)c1. The van der Waals surface area contributed by atoms with E-state index >= 15 is 0 Å². The molecular formula is C21H16N2OS. The van der Waals surface area contributed by atoms with Crippen LogP contribution in [0.5, 0.6) is 0 Å². The highest BCUT2D eigenvalue weighted by atomic mass is 32.1. The van der Waals surface area contributed by atoms with Crippen LogP contribution in [0.1, 0.15) is 15.9 Å². The van der Waals surface area contributed by atoms with Gasteiger partial charge in [0.15, 0.2) is 5.13 Å². The summed E-state index contributed by atoms with van der Waals surface area (Å²) in [7, 11) is 0.